The van der Waals surface area contributed by atoms with Gasteiger partial charge in [-0.3, -0.25) is 0 Å². The van der Waals surface area contributed by atoms with E-state index in [1.165, 1.54) is 0 Å². The van der Waals surface area contributed by atoms with Crippen LogP contribution in [-0.2, 0) is 0 Å². The highest BCUT2D eigenvalue weighted by Crippen LogP contribution is 2.34. The van der Waals surface area contributed by atoms with Gasteiger partial charge in [-0.2, -0.15) is 0 Å². The topological polar surface area (TPSA) is 47.3 Å². The lowest BCUT2D eigenvalue weighted by atomic mass is 10.1. The SMILES string of the molecule is COc1cc(Cl)c(C)cc1Nc1cc(C)ccc1N. The van der Waals surface area contributed by atoms with E-state index in [0.717, 1.165) is 22.5 Å². The predicted molar refractivity (Wildman–Crippen MR) is 81.6 cm³/mol. The van der Waals surface area contributed by atoms with Crippen LogP contribution in [0.2, 0.25) is 5.02 Å². The van der Waals surface area contributed by atoms with Gasteiger partial charge in [0.05, 0.1) is 24.2 Å². The molecule has 0 aromatic heterocycles. The zero-order chi connectivity index (χ0) is 14.0. The van der Waals surface area contributed by atoms with E-state index >= 15 is 0 Å². The molecule has 0 bridgehead atoms. The number of benzene rings is 2. The third-order valence-electron chi connectivity index (χ3n) is 2.96. The van der Waals surface area contributed by atoms with Crippen LogP contribution in [0.25, 0.3) is 0 Å². The lowest BCUT2D eigenvalue weighted by Crippen LogP contribution is -1.99. The summed E-state index contributed by atoms with van der Waals surface area (Å²) in [4.78, 5) is 0. The maximum Gasteiger partial charge on any atom is 0.143 e. The summed E-state index contributed by atoms with van der Waals surface area (Å²) in [5.74, 6) is 0.691. The number of anilines is 3. The summed E-state index contributed by atoms with van der Waals surface area (Å²) in [5.41, 5.74) is 10.5. The Balaban J connectivity index is 2.42. The maximum absolute atomic E-state index is 6.09. The number of hydrogen-bond acceptors (Lipinski definition) is 3. The van der Waals surface area contributed by atoms with Gasteiger partial charge in [0.1, 0.15) is 5.75 Å². The molecule has 0 spiro atoms. The van der Waals surface area contributed by atoms with Gasteiger partial charge in [-0.1, -0.05) is 17.7 Å². The van der Waals surface area contributed by atoms with Crippen molar-refractivity contribution in [3.8, 4) is 5.75 Å². The summed E-state index contributed by atoms with van der Waals surface area (Å²) < 4.78 is 5.34. The summed E-state index contributed by atoms with van der Waals surface area (Å²) in [5, 5.41) is 3.97. The van der Waals surface area contributed by atoms with E-state index in [0.29, 0.717) is 16.5 Å². The molecule has 19 heavy (non-hydrogen) atoms. The van der Waals surface area contributed by atoms with Gasteiger partial charge in [-0.25, -0.2) is 0 Å². The Labute approximate surface area is 118 Å². The fraction of sp³-hybridized carbons (Fsp3) is 0.200. The van der Waals surface area contributed by atoms with Crippen LogP contribution in [0.1, 0.15) is 11.1 Å². The molecule has 0 saturated carbocycles. The van der Waals surface area contributed by atoms with Crippen LogP contribution >= 0.6 is 11.6 Å². The second-order valence-corrected chi connectivity index (χ2v) is 4.92. The molecular formula is C15H17ClN2O. The predicted octanol–water partition coefficient (Wildman–Crippen LogP) is 4.29. The largest absolute Gasteiger partial charge is 0.495 e. The molecule has 0 heterocycles. The Morgan fingerprint density at radius 2 is 1.84 bits per heavy atom. The van der Waals surface area contributed by atoms with E-state index in [1.807, 2.05) is 38.1 Å². The average Bonchev–Trinajstić information content (AvgIpc) is 2.38. The highest BCUT2D eigenvalue weighted by molar-refractivity contribution is 6.31. The normalized spacial score (nSPS) is 10.3. The van der Waals surface area contributed by atoms with E-state index < -0.39 is 0 Å². The number of rotatable bonds is 3. The summed E-state index contributed by atoms with van der Waals surface area (Å²) in [6.07, 6.45) is 0. The molecule has 2 aromatic carbocycles. The summed E-state index contributed by atoms with van der Waals surface area (Å²) in [6.45, 7) is 3.97. The minimum atomic E-state index is 0.680. The molecule has 0 atom stereocenters. The second kappa shape index (κ2) is 5.41. The van der Waals surface area contributed by atoms with Gasteiger partial charge in [-0.15, -0.1) is 0 Å². The highest BCUT2D eigenvalue weighted by atomic mass is 35.5. The molecule has 0 amide bonds. The van der Waals surface area contributed by atoms with Crippen LogP contribution in [0.3, 0.4) is 0 Å². The number of nitrogen functional groups attached to an aromatic ring is 1. The standard InChI is InChI=1S/C15H17ClN2O/c1-9-4-5-12(17)13(6-9)18-14-7-10(2)11(16)8-15(14)19-3/h4-8,18H,17H2,1-3H3. The van der Waals surface area contributed by atoms with Crippen LogP contribution in [-0.4, -0.2) is 7.11 Å². The minimum Gasteiger partial charge on any atom is -0.495 e. The minimum absolute atomic E-state index is 0.680. The maximum atomic E-state index is 6.09. The number of aryl methyl sites for hydroxylation is 2. The summed E-state index contributed by atoms with van der Waals surface area (Å²) in [7, 11) is 1.62. The van der Waals surface area contributed by atoms with E-state index in [-0.39, 0.29) is 0 Å². The van der Waals surface area contributed by atoms with Crippen molar-refractivity contribution in [1.82, 2.24) is 0 Å². The van der Waals surface area contributed by atoms with Crippen LogP contribution in [0.4, 0.5) is 17.1 Å². The smallest absolute Gasteiger partial charge is 0.143 e. The Hall–Kier alpha value is -1.87. The molecule has 0 aliphatic carbocycles. The monoisotopic (exact) mass is 276 g/mol. The van der Waals surface area contributed by atoms with Crippen molar-refractivity contribution in [2.45, 2.75) is 13.8 Å². The van der Waals surface area contributed by atoms with E-state index in [4.69, 9.17) is 22.1 Å². The van der Waals surface area contributed by atoms with E-state index in [1.54, 1.807) is 13.2 Å². The fourth-order valence-electron chi connectivity index (χ4n) is 1.85. The molecule has 3 nitrogen and oxygen atoms in total. The van der Waals surface area contributed by atoms with Crippen molar-refractivity contribution < 1.29 is 4.74 Å². The van der Waals surface area contributed by atoms with Crippen molar-refractivity contribution in [1.29, 1.82) is 0 Å². The summed E-state index contributed by atoms with van der Waals surface area (Å²) in [6, 6.07) is 9.60. The molecule has 4 heteroatoms. The van der Waals surface area contributed by atoms with Crippen LogP contribution < -0.4 is 15.8 Å². The first kappa shape index (κ1) is 13.6. The van der Waals surface area contributed by atoms with Crippen molar-refractivity contribution in [2.24, 2.45) is 0 Å². The third-order valence-corrected chi connectivity index (χ3v) is 3.37. The first-order chi connectivity index (χ1) is 9.01. The quantitative estimate of drug-likeness (QED) is 0.822. The van der Waals surface area contributed by atoms with Gasteiger partial charge in [0.2, 0.25) is 0 Å². The molecule has 2 aromatic rings. The molecule has 0 unspecified atom stereocenters. The van der Waals surface area contributed by atoms with Crippen LogP contribution in [0.5, 0.6) is 5.75 Å². The van der Waals surface area contributed by atoms with Crippen molar-refractivity contribution in [2.75, 3.05) is 18.2 Å². The number of methoxy groups -OCH3 is 1. The second-order valence-electron chi connectivity index (χ2n) is 4.52. The Morgan fingerprint density at radius 1 is 1.11 bits per heavy atom. The van der Waals surface area contributed by atoms with Gasteiger partial charge in [-0.05, 0) is 43.2 Å². The molecule has 0 radical (unpaired) electrons. The van der Waals surface area contributed by atoms with Crippen LogP contribution in [0.15, 0.2) is 30.3 Å². The van der Waals surface area contributed by atoms with Crippen molar-refractivity contribution >= 4 is 28.7 Å². The Bertz CT molecular complexity index is 611. The summed E-state index contributed by atoms with van der Waals surface area (Å²) >= 11 is 6.09. The molecule has 2 rings (SSSR count). The van der Waals surface area contributed by atoms with E-state index in [2.05, 4.69) is 5.32 Å². The number of halogens is 1. The van der Waals surface area contributed by atoms with Gasteiger partial charge in [0.25, 0.3) is 0 Å². The Kier molecular flexibility index (Phi) is 3.86. The molecule has 0 saturated heterocycles. The fourth-order valence-corrected chi connectivity index (χ4v) is 2.01. The number of nitrogens with two attached hydrogens (primary N) is 1. The average molecular weight is 277 g/mol. The van der Waals surface area contributed by atoms with Gasteiger partial charge in [0, 0.05) is 11.1 Å². The molecule has 0 aliphatic heterocycles. The van der Waals surface area contributed by atoms with Gasteiger partial charge >= 0.3 is 0 Å². The zero-order valence-electron chi connectivity index (χ0n) is 11.3. The third kappa shape index (κ3) is 2.93. The number of nitrogens with one attached hydrogen (secondary N) is 1. The van der Waals surface area contributed by atoms with Crippen LogP contribution in [0, 0.1) is 13.8 Å². The molecule has 0 fully saturated rings. The van der Waals surface area contributed by atoms with Gasteiger partial charge < -0.3 is 15.8 Å². The molecule has 100 valence electrons. The lowest BCUT2D eigenvalue weighted by Gasteiger charge is -2.15. The molecule has 3 N–H and O–H groups in total. The van der Waals surface area contributed by atoms with Gasteiger partial charge in [0.15, 0.2) is 0 Å². The molecular weight excluding hydrogens is 260 g/mol. The Morgan fingerprint density at radius 3 is 2.53 bits per heavy atom. The zero-order valence-corrected chi connectivity index (χ0v) is 12.0. The van der Waals surface area contributed by atoms with Crippen molar-refractivity contribution in [3.63, 3.8) is 0 Å². The first-order valence-corrected chi connectivity index (χ1v) is 6.36. The first-order valence-electron chi connectivity index (χ1n) is 5.98. The highest BCUT2D eigenvalue weighted by Gasteiger charge is 2.08. The molecule has 0 aliphatic rings. The lowest BCUT2D eigenvalue weighted by molar-refractivity contribution is 0.417. The number of hydrogen-bond donors (Lipinski definition) is 2. The van der Waals surface area contributed by atoms with Crippen molar-refractivity contribution in [3.05, 3.63) is 46.5 Å². The van der Waals surface area contributed by atoms with E-state index in [9.17, 15) is 0 Å². The number of ether oxygens (including phenoxy) is 1.